The van der Waals surface area contributed by atoms with Crippen molar-refractivity contribution in [1.82, 2.24) is 0 Å². The molecule has 0 unspecified atom stereocenters. The Kier molecular flexibility index (Phi) is 4.35. The second kappa shape index (κ2) is 6.14. The first-order chi connectivity index (χ1) is 10.9. The van der Waals surface area contributed by atoms with E-state index in [2.05, 4.69) is 11.8 Å². The predicted molar refractivity (Wildman–Crippen MR) is 84.0 cm³/mol. The van der Waals surface area contributed by atoms with Crippen LogP contribution in [0.2, 0.25) is 0 Å². The van der Waals surface area contributed by atoms with E-state index in [-0.39, 0.29) is 31.0 Å². The third kappa shape index (κ3) is 3.08. The van der Waals surface area contributed by atoms with Crippen molar-refractivity contribution in [1.29, 1.82) is 0 Å². The van der Waals surface area contributed by atoms with Gasteiger partial charge in [-0.15, -0.1) is 0 Å². The minimum Gasteiger partial charge on any atom is -0.496 e. The second-order valence-corrected chi connectivity index (χ2v) is 6.24. The Morgan fingerprint density at radius 3 is 2.70 bits per heavy atom. The van der Waals surface area contributed by atoms with E-state index in [1.165, 1.54) is 0 Å². The summed E-state index contributed by atoms with van der Waals surface area (Å²) in [4.78, 5) is 0. The van der Waals surface area contributed by atoms with E-state index in [4.69, 9.17) is 18.9 Å². The van der Waals surface area contributed by atoms with Crippen LogP contribution in [-0.2, 0) is 20.8 Å². The highest BCUT2D eigenvalue weighted by Crippen LogP contribution is 2.38. The average molecular weight is 318 g/mol. The zero-order valence-corrected chi connectivity index (χ0v) is 13.8. The van der Waals surface area contributed by atoms with Crippen LogP contribution in [-0.4, -0.2) is 42.4 Å². The first kappa shape index (κ1) is 16.3. The number of fused-ring (bicyclic) bond motifs is 1. The molecule has 0 amide bonds. The van der Waals surface area contributed by atoms with E-state index in [0.29, 0.717) is 11.3 Å². The maximum absolute atomic E-state index is 9.56. The zero-order chi connectivity index (χ0) is 16.6. The summed E-state index contributed by atoms with van der Waals surface area (Å²) in [6, 6.07) is 5.51. The van der Waals surface area contributed by atoms with Crippen LogP contribution in [0.4, 0.5) is 0 Å². The summed E-state index contributed by atoms with van der Waals surface area (Å²) < 4.78 is 22.9. The van der Waals surface area contributed by atoms with Gasteiger partial charge < -0.3 is 24.1 Å². The van der Waals surface area contributed by atoms with Crippen molar-refractivity contribution in [2.24, 2.45) is 0 Å². The fraction of sp³-hybridized carbons (Fsp3) is 0.556. The van der Waals surface area contributed by atoms with Crippen LogP contribution in [0.15, 0.2) is 18.2 Å². The molecule has 5 nitrogen and oxygen atoms in total. The van der Waals surface area contributed by atoms with Crippen LogP contribution in [0.1, 0.15) is 31.9 Å². The molecule has 0 saturated carbocycles. The monoisotopic (exact) mass is 318 g/mol. The maximum atomic E-state index is 9.56. The highest BCUT2D eigenvalue weighted by molar-refractivity contribution is 5.49. The fourth-order valence-electron chi connectivity index (χ4n) is 3.10. The maximum Gasteiger partial charge on any atom is 0.164 e. The smallest absolute Gasteiger partial charge is 0.164 e. The van der Waals surface area contributed by atoms with E-state index >= 15 is 0 Å². The molecule has 0 aromatic heterocycles. The van der Waals surface area contributed by atoms with Crippen LogP contribution in [0.3, 0.4) is 0 Å². The first-order valence-corrected chi connectivity index (χ1v) is 7.74. The van der Waals surface area contributed by atoms with E-state index in [9.17, 15) is 5.11 Å². The van der Waals surface area contributed by atoms with Gasteiger partial charge in [0, 0.05) is 11.1 Å². The van der Waals surface area contributed by atoms with Crippen LogP contribution in [0.25, 0.3) is 0 Å². The number of ether oxygens (including phenoxy) is 4. The molecular formula is C18H22O5. The van der Waals surface area contributed by atoms with Crippen LogP contribution < -0.4 is 4.74 Å². The topological polar surface area (TPSA) is 57.2 Å². The van der Waals surface area contributed by atoms with Crippen molar-refractivity contribution in [3.63, 3.8) is 0 Å². The second-order valence-electron chi connectivity index (χ2n) is 6.24. The van der Waals surface area contributed by atoms with E-state index in [1.54, 1.807) is 13.2 Å². The van der Waals surface area contributed by atoms with Crippen LogP contribution >= 0.6 is 0 Å². The SMILES string of the molecule is COc1cccc(C#C[C@H]2O[C@@H](C)[C@@H]3OC(C)(C)O[C@@H]32)c1CO. The normalized spacial score (nSPS) is 31.3. The van der Waals surface area contributed by atoms with Gasteiger partial charge in [-0.1, -0.05) is 17.9 Å². The van der Waals surface area contributed by atoms with Crippen molar-refractivity contribution in [2.75, 3.05) is 7.11 Å². The van der Waals surface area contributed by atoms with Gasteiger partial charge in [0.2, 0.25) is 0 Å². The Bertz CT molecular complexity index is 643. The van der Waals surface area contributed by atoms with Gasteiger partial charge in [-0.3, -0.25) is 0 Å². The Labute approximate surface area is 136 Å². The number of hydrogen-bond acceptors (Lipinski definition) is 5. The van der Waals surface area contributed by atoms with Crippen molar-refractivity contribution >= 4 is 0 Å². The molecule has 5 heteroatoms. The van der Waals surface area contributed by atoms with Gasteiger partial charge in [-0.05, 0) is 32.9 Å². The number of aliphatic hydroxyl groups excluding tert-OH is 1. The summed E-state index contributed by atoms with van der Waals surface area (Å²) in [6.45, 7) is 5.63. The minimum atomic E-state index is -0.612. The Morgan fingerprint density at radius 1 is 1.26 bits per heavy atom. The molecule has 2 heterocycles. The summed E-state index contributed by atoms with van der Waals surface area (Å²) in [5.41, 5.74) is 1.40. The van der Waals surface area contributed by atoms with Gasteiger partial charge in [0.05, 0.1) is 19.8 Å². The Morgan fingerprint density at radius 2 is 2.00 bits per heavy atom. The first-order valence-electron chi connectivity index (χ1n) is 7.74. The largest absolute Gasteiger partial charge is 0.496 e. The van der Waals surface area contributed by atoms with Gasteiger partial charge in [-0.25, -0.2) is 0 Å². The standard InChI is InChI=1S/C18H22O5/c1-11-16-17(23-18(2,3)22-16)15(21-11)9-8-12-6-5-7-14(20-4)13(12)10-19/h5-7,11,15-17,19H,10H2,1-4H3/t11-,15+,16-,17+/m0/s1. The van der Waals surface area contributed by atoms with Crippen LogP contribution in [0.5, 0.6) is 5.75 Å². The lowest BCUT2D eigenvalue weighted by atomic mass is 10.1. The van der Waals surface area contributed by atoms with E-state index < -0.39 is 5.79 Å². The summed E-state index contributed by atoms with van der Waals surface area (Å²) in [5, 5.41) is 9.56. The summed E-state index contributed by atoms with van der Waals surface area (Å²) in [7, 11) is 1.57. The highest BCUT2D eigenvalue weighted by Gasteiger charge is 2.53. The van der Waals surface area contributed by atoms with Crippen molar-refractivity contribution in [2.45, 2.75) is 57.6 Å². The predicted octanol–water partition coefficient (Wildman–Crippen LogP) is 1.85. The highest BCUT2D eigenvalue weighted by atomic mass is 16.8. The lowest BCUT2D eigenvalue weighted by Crippen LogP contribution is -2.28. The van der Waals surface area contributed by atoms with Crippen molar-refractivity contribution in [3.8, 4) is 17.6 Å². The summed E-state index contributed by atoms with van der Waals surface area (Å²) >= 11 is 0. The molecule has 2 aliphatic heterocycles. The van der Waals surface area contributed by atoms with E-state index in [0.717, 1.165) is 5.56 Å². The van der Waals surface area contributed by atoms with Crippen molar-refractivity contribution < 1.29 is 24.1 Å². The molecule has 0 bridgehead atoms. The van der Waals surface area contributed by atoms with Crippen molar-refractivity contribution in [3.05, 3.63) is 29.3 Å². The van der Waals surface area contributed by atoms with Gasteiger partial charge in [0.1, 0.15) is 24.1 Å². The third-order valence-electron chi connectivity index (χ3n) is 4.15. The number of aliphatic hydroxyl groups is 1. The molecule has 0 aliphatic carbocycles. The molecule has 4 atom stereocenters. The molecule has 0 spiro atoms. The van der Waals surface area contributed by atoms with E-state index in [1.807, 2.05) is 32.9 Å². The molecule has 124 valence electrons. The average Bonchev–Trinajstić information content (AvgIpc) is 2.99. The fourth-order valence-corrected chi connectivity index (χ4v) is 3.10. The third-order valence-corrected chi connectivity index (χ3v) is 4.15. The lowest BCUT2D eigenvalue weighted by molar-refractivity contribution is -0.179. The number of rotatable bonds is 2. The number of hydrogen-bond donors (Lipinski definition) is 1. The van der Waals surface area contributed by atoms with Gasteiger partial charge in [0.25, 0.3) is 0 Å². The Balaban J connectivity index is 1.85. The molecule has 2 saturated heterocycles. The molecule has 3 rings (SSSR count). The van der Waals surface area contributed by atoms with Gasteiger partial charge in [-0.2, -0.15) is 0 Å². The minimum absolute atomic E-state index is 0.0660. The quantitative estimate of drug-likeness (QED) is 0.843. The molecule has 2 fully saturated rings. The molecule has 0 radical (unpaired) electrons. The molecule has 23 heavy (non-hydrogen) atoms. The summed E-state index contributed by atoms with van der Waals surface area (Å²) in [6.07, 6.45) is -0.721. The Hall–Kier alpha value is -1.58. The van der Waals surface area contributed by atoms with Gasteiger partial charge in [0.15, 0.2) is 5.79 Å². The molecule has 2 aliphatic rings. The zero-order valence-electron chi connectivity index (χ0n) is 13.8. The molecule has 1 aromatic carbocycles. The molecule has 1 N–H and O–H groups in total. The lowest BCUT2D eigenvalue weighted by Gasteiger charge is -2.21. The molecular weight excluding hydrogens is 296 g/mol. The molecule has 1 aromatic rings. The van der Waals surface area contributed by atoms with Gasteiger partial charge >= 0.3 is 0 Å². The van der Waals surface area contributed by atoms with Crippen LogP contribution in [0, 0.1) is 11.8 Å². The number of methoxy groups -OCH3 is 1. The number of benzene rings is 1. The summed E-state index contributed by atoms with van der Waals surface area (Å²) in [5.74, 6) is 6.22.